The molecule has 1 N–H and O–H groups in total. The minimum Gasteiger partial charge on any atom is -0.383 e. The number of rotatable bonds is 7. The molecular weight excluding hydrogens is 240 g/mol. The van der Waals surface area contributed by atoms with Gasteiger partial charge in [0.15, 0.2) is 0 Å². The molecule has 102 valence electrons. The highest BCUT2D eigenvalue weighted by Gasteiger charge is 2.25. The molecule has 1 saturated heterocycles. The smallest absolute Gasteiger partial charge is 0.215 e. The van der Waals surface area contributed by atoms with Gasteiger partial charge < -0.3 is 10.1 Å². The Morgan fingerprint density at radius 2 is 2.18 bits per heavy atom. The Morgan fingerprint density at radius 1 is 1.41 bits per heavy atom. The summed E-state index contributed by atoms with van der Waals surface area (Å²) in [6, 6.07) is 0.116. The SMILES string of the molecule is CCN(CCOC)S(=O)(=O)CC1CCCCN1. The molecule has 0 radical (unpaired) electrons. The number of hydrogen-bond acceptors (Lipinski definition) is 4. The molecule has 0 aliphatic carbocycles. The predicted octanol–water partition coefficient (Wildman–Crippen LogP) is 0.427. The topological polar surface area (TPSA) is 58.6 Å². The number of methoxy groups -OCH3 is 1. The van der Waals surface area contributed by atoms with E-state index in [1.54, 1.807) is 7.11 Å². The van der Waals surface area contributed by atoms with Crippen LogP contribution in [0.25, 0.3) is 0 Å². The Hall–Kier alpha value is -0.170. The van der Waals surface area contributed by atoms with Crippen molar-refractivity contribution in [2.45, 2.75) is 32.2 Å². The van der Waals surface area contributed by atoms with E-state index >= 15 is 0 Å². The molecule has 1 atom stereocenters. The van der Waals surface area contributed by atoms with Crippen LogP contribution in [-0.2, 0) is 14.8 Å². The van der Waals surface area contributed by atoms with Crippen LogP contribution >= 0.6 is 0 Å². The van der Waals surface area contributed by atoms with Crippen LogP contribution in [0.1, 0.15) is 26.2 Å². The molecule has 1 rings (SSSR count). The first-order valence-electron chi connectivity index (χ1n) is 6.30. The van der Waals surface area contributed by atoms with Gasteiger partial charge in [-0.25, -0.2) is 8.42 Å². The van der Waals surface area contributed by atoms with E-state index in [2.05, 4.69) is 5.32 Å². The van der Waals surface area contributed by atoms with E-state index in [1.807, 2.05) is 6.92 Å². The van der Waals surface area contributed by atoms with Crippen molar-refractivity contribution in [3.05, 3.63) is 0 Å². The zero-order chi connectivity index (χ0) is 12.7. The number of sulfonamides is 1. The Bertz CT molecular complexity index is 300. The van der Waals surface area contributed by atoms with Crippen molar-refractivity contribution in [1.82, 2.24) is 9.62 Å². The lowest BCUT2D eigenvalue weighted by atomic mass is 10.1. The second-order valence-corrected chi connectivity index (χ2v) is 6.42. The van der Waals surface area contributed by atoms with Crippen LogP contribution in [0.3, 0.4) is 0 Å². The lowest BCUT2D eigenvalue weighted by Crippen LogP contribution is -2.44. The molecule has 0 bridgehead atoms. The summed E-state index contributed by atoms with van der Waals surface area (Å²) in [5.74, 6) is 0.213. The van der Waals surface area contributed by atoms with Crippen molar-refractivity contribution in [2.75, 3.05) is 39.1 Å². The van der Waals surface area contributed by atoms with Crippen molar-refractivity contribution in [2.24, 2.45) is 0 Å². The molecule has 0 spiro atoms. The van der Waals surface area contributed by atoms with Gasteiger partial charge in [-0.05, 0) is 19.4 Å². The second-order valence-electron chi connectivity index (χ2n) is 4.41. The van der Waals surface area contributed by atoms with Crippen molar-refractivity contribution in [1.29, 1.82) is 0 Å². The predicted molar refractivity (Wildman–Crippen MR) is 68.6 cm³/mol. The first-order valence-corrected chi connectivity index (χ1v) is 7.91. The van der Waals surface area contributed by atoms with Crippen LogP contribution < -0.4 is 5.32 Å². The van der Waals surface area contributed by atoms with E-state index in [0.717, 1.165) is 25.8 Å². The van der Waals surface area contributed by atoms with E-state index in [0.29, 0.717) is 19.7 Å². The summed E-state index contributed by atoms with van der Waals surface area (Å²) in [6.45, 7) is 4.21. The average molecular weight is 264 g/mol. The molecule has 0 aromatic carbocycles. The Balaban J connectivity index is 2.51. The number of ether oxygens (including phenoxy) is 1. The highest BCUT2D eigenvalue weighted by molar-refractivity contribution is 7.89. The Kier molecular flexibility index (Phi) is 6.40. The normalized spacial score (nSPS) is 21.9. The molecule has 5 nitrogen and oxygen atoms in total. The van der Waals surface area contributed by atoms with Crippen LogP contribution in [0.2, 0.25) is 0 Å². The van der Waals surface area contributed by atoms with Gasteiger partial charge >= 0.3 is 0 Å². The molecule has 1 aliphatic rings. The van der Waals surface area contributed by atoms with Crippen LogP contribution in [0, 0.1) is 0 Å². The summed E-state index contributed by atoms with van der Waals surface area (Å²) in [7, 11) is -1.57. The summed E-state index contributed by atoms with van der Waals surface area (Å²) in [6.07, 6.45) is 3.23. The Labute approximate surface area is 105 Å². The van der Waals surface area contributed by atoms with Gasteiger partial charge in [0.1, 0.15) is 0 Å². The summed E-state index contributed by atoms with van der Waals surface area (Å²) in [5, 5.41) is 3.27. The third-order valence-electron chi connectivity index (χ3n) is 3.12. The minimum absolute atomic E-state index is 0.116. The van der Waals surface area contributed by atoms with E-state index in [1.165, 1.54) is 4.31 Å². The molecule has 1 heterocycles. The highest BCUT2D eigenvalue weighted by atomic mass is 32.2. The Morgan fingerprint density at radius 3 is 2.71 bits per heavy atom. The van der Waals surface area contributed by atoms with Gasteiger partial charge in [0.05, 0.1) is 12.4 Å². The van der Waals surface area contributed by atoms with Crippen LogP contribution in [0.5, 0.6) is 0 Å². The van der Waals surface area contributed by atoms with E-state index in [4.69, 9.17) is 4.74 Å². The van der Waals surface area contributed by atoms with Gasteiger partial charge in [0.2, 0.25) is 10.0 Å². The summed E-state index contributed by atoms with van der Waals surface area (Å²) in [5.41, 5.74) is 0. The maximum atomic E-state index is 12.2. The first-order chi connectivity index (χ1) is 8.10. The van der Waals surface area contributed by atoms with Crippen molar-refractivity contribution < 1.29 is 13.2 Å². The van der Waals surface area contributed by atoms with Gasteiger partial charge in [-0.15, -0.1) is 0 Å². The molecule has 0 aromatic heterocycles. The average Bonchev–Trinajstić information content (AvgIpc) is 2.30. The van der Waals surface area contributed by atoms with Crippen LogP contribution in [-0.4, -0.2) is 57.9 Å². The molecule has 17 heavy (non-hydrogen) atoms. The quantitative estimate of drug-likeness (QED) is 0.724. The van der Waals surface area contributed by atoms with E-state index in [-0.39, 0.29) is 11.8 Å². The number of hydrogen-bond donors (Lipinski definition) is 1. The van der Waals surface area contributed by atoms with Crippen molar-refractivity contribution in [3.8, 4) is 0 Å². The number of likely N-dealkylation sites (N-methyl/N-ethyl adjacent to an activating group) is 1. The minimum atomic E-state index is -3.15. The van der Waals surface area contributed by atoms with Gasteiger partial charge in [-0.1, -0.05) is 13.3 Å². The third kappa shape index (κ3) is 4.91. The fourth-order valence-electron chi connectivity index (χ4n) is 2.11. The van der Waals surface area contributed by atoms with Gasteiger partial charge in [0, 0.05) is 26.2 Å². The zero-order valence-corrected chi connectivity index (χ0v) is 11.6. The molecule has 1 fully saturated rings. The van der Waals surface area contributed by atoms with E-state index in [9.17, 15) is 8.42 Å². The van der Waals surface area contributed by atoms with E-state index < -0.39 is 10.0 Å². The van der Waals surface area contributed by atoms with Crippen LogP contribution in [0.15, 0.2) is 0 Å². The van der Waals surface area contributed by atoms with Crippen LogP contribution in [0.4, 0.5) is 0 Å². The molecular formula is C11H24N2O3S. The largest absolute Gasteiger partial charge is 0.383 e. The molecule has 6 heteroatoms. The molecule has 1 unspecified atom stereocenters. The molecule has 1 aliphatic heterocycles. The number of piperidine rings is 1. The molecule has 0 aromatic rings. The maximum Gasteiger partial charge on any atom is 0.215 e. The molecule has 0 amide bonds. The standard InChI is InChI=1S/C11H24N2O3S/c1-3-13(8-9-16-2)17(14,15)10-11-6-4-5-7-12-11/h11-12H,3-10H2,1-2H3. The maximum absolute atomic E-state index is 12.2. The number of nitrogens with one attached hydrogen (secondary N) is 1. The van der Waals surface area contributed by atoms with Gasteiger partial charge in [-0.2, -0.15) is 4.31 Å². The second kappa shape index (κ2) is 7.31. The third-order valence-corrected chi connectivity index (χ3v) is 5.17. The zero-order valence-electron chi connectivity index (χ0n) is 10.8. The lowest BCUT2D eigenvalue weighted by Gasteiger charge is -2.27. The van der Waals surface area contributed by atoms with Gasteiger partial charge in [0.25, 0.3) is 0 Å². The van der Waals surface area contributed by atoms with Crippen molar-refractivity contribution >= 4 is 10.0 Å². The molecule has 0 saturated carbocycles. The number of nitrogens with zero attached hydrogens (tertiary/aromatic N) is 1. The first kappa shape index (κ1) is 14.9. The summed E-state index contributed by atoms with van der Waals surface area (Å²) < 4.78 is 30.8. The summed E-state index contributed by atoms with van der Waals surface area (Å²) in [4.78, 5) is 0. The van der Waals surface area contributed by atoms with Crippen molar-refractivity contribution in [3.63, 3.8) is 0 Å². The summed E-state index contributed by atoms with van der Waals surface area (Å²) >= 11 is 0. The monoisotopic (exact) mass is 264 g/mol. The highest BCUT2D eigenvalue weighted by Crippen LogP contribution is 2.11. The van der Waals surface area contributed by atoms with Gasteiger partial charge in [-0.3, -0.25) is 0 Å². The fourth-order valence-corrected chi connectivity index (χ4v) is 3.86. The fraction of sp³-hybridized carbons (Fsp3) is 1.00. The lowest BCUT2D eigenvalue weighted by molar-refractivity contribution is 0.180.